The molecule has 4 N–H and O–H groups in total. The van der Waals surface area contributed by atoms with Gasteiger partial charge in [0.1, 0.15) is 36.6 Å². The van der Waals surface area contributed by atoms with Gasteiger partial charge >= 0.3 is 36.7 Å². The highest BCUT2D eigenvalue weighted by molar-refractivity contribution is 5.95. The van der Waals surface area contributed by atoms with Gasteiger partial charge in [-0.3, -0.25) is 29.0 Å². The summed E-state index contributed by atoms with van der Waals surface area (Å²) in [5.41, 5.74) is 1.61. The normalized spacial score (nSPS) is 24.5. The van der Waals surface area contributed by atoms with Crippen molar-refractivity contribution in [1.82, 2.24) is 31.1 Å². The second-order valence-electron chi connectivity index (χ2n) is 29.6. The molecule has 6 amide bonds. The fraction of sp³-hybridized carbons (Fsp3) is 0.610. The van der Waals surface area contributed by atoms with Gasteiger partial charge in [-0.1, -0.05) is 63.8 Å². The van der Waals surface area contributed by atoms with Crippen LogP contribution in [0.5, 0.6) is 23.0 Å². The van der Waals surface area contributed by atoms with Gasteiger partial charge in [-0.2, -0.15) is 19.2 Å². The Bertz CT molecular complexity index is 3410. The average Bonchev–Trinajstić information content (AvgIpc) is 1.61. The van der Waals surface area contributed by atoms with Crippen molar-refractivity contribution in [2.24, 2.45) is 35.5 Å². The van der Waals surface area contributed by atoms with Crippen LogP contribution in [0, 0.1) is 35.5 Å². The standard InChI is InChI=1S/C38H53N3O8.C37H51N3O8.2CO2/c1-7-10-11-12-13-14-30(39-35(44)49-37(4,5)6)33(42)28-19-27(20-29(28)34(43)40-38(9-3)21-26(38)8-2)48-36(45)41-22-24-17-31-32(18-25(24)23-41)47-16-15-46-31;1-7-10-11-12-13-14-29(38-34(43)48-36(4,5)6)32(41)27-17-26(18-28(27)33(42)39-37(9-3)19-25(37)8-2)47-35(44)40-20-23-15-30-31(46-22-45-30)16-24(23)21-40;2*2-1-3/h7-8,17-18,26-30H,1-2,9-16,19-23H2,3-6H3,(H,39,44)(H,40,43);7-8,15-16,25-29H,1-2,9-14,17-22H2,3-6H3,(H,38,43)(H,39,42);;/t26-,27+,28?,29-,30+,38-;25-,26+,27?,28-,29+,37-;;/m11../s1. The Morgan fingerprint density at radius 1 is 0.524 bits per heavy atom. The third kappa shape index (κ3) is 22.1. The number of benzene rings is 2. The molecular weight excluding hydrogens is 1330 g/mol. The SMILES string of the molecule is C=CCCCCC[C@H](NC(=O)OC(C)(C)C)C(=O)C1C[C@H](OC(=O)N2Cc3cc4c(cc3C2)OCCO4)C[C@H]1C(=O)N[C@]1(CC)C[C@H]1C=C.C=CCCCCC[C@H](NC(=O)OC(C)(C)C)C(=O)C1C[C@H](OC(=O)N2Cc3cc4c(cc3C2)OCO4)C[C@H]1C(=O)N[C@]1(CC)C[C@H]1C=C.O=C=O.O=C=O. The summed E-state index contributed by atoms with van der Waals surface area (Å²) in [4.78, 5) is 145. The number of carbonyl (C=O) groups excluding carboxylic acids is 12. The van der Waals surface area contributed by atoms with E-state index in [0.29, 0.717) is 88.1 Å². The number of alkyl carbamates (subject to hydrolysis) is 2. The Hall–Kier alpha value is -9.28. The lowest BCUT2D eigenvalue weighted by Gasteiger charge is -2.27. The van der Waals surface area contributed by atoms with Crippen molar-refractivity contribution in [1.29, 1.82) is 0 Å². The molecule has 2 aromatic rings. The zero-order valence-electron chi connectivity index (χ0n) is 61.0. The summed E-state index contributed by atoms with van der Waals surface area (Å²) >= 11 is 0. The van der Waals surface area contributed by atoms with E-state index in [0.717, 1.165) is 86.5 Å². The van der Waals surface area contributed by atoms with Crippen molar-refractivity contribution in [2.45, 2.75) is 244 Å². The number of unbranched alkanes of at least 4 members (excludes halogenated alkanes) is 6. The maximum atomic E-state index is 14.4. The molecule has 2 aromatic carbocycles. The number of hydrogen-bond donors (Lipinski definition) is 4. The molecule has 8 aliphatic rings. The van der Waals surface area contributed by atoms with Crippen LogP contribution in [0.15, 0.2) is 74.9 Å². The number of hydrogen-bond acceptors (Lipinski definition) is 20. The average molecular weight is 1430 g/mol. The third-order valence-corrected chi connectivity index (χ3v) is 20.2. The maximum Gasteiger partial charge on any atom is 0.410 e. The van der Waals surface area contributed by atoms with Gasteiger partial charge < -0.3 is 59.2 Å². The summed E-state index contributed by atoms with van der Waals surface area (Å²) in [6.07, 6.45) is 15.7. The van der Waals surface area contributed by atoms with E-state index in [2.05, 4.69) is 47.6 Å². The van der Waals surface area contributed by atoms with Crippen LogP contribution in [0.3, 0.4) is 0 Å². The summed E-state index contributed by atoms with van der Waals surface area (Å²) in [5, 5.41) is 12.1. The second-order valence-corrected chi connectivity index (χ2v) is 29.6. The Morgan fingerprint density at radius 3 is 1.16 bits per heavy atom. The molecule has 2 unspecified atom stereocenters. The lowest BCUT2D eigenvalue weighted by molar-refractivity contribution is -0.193. The first-order valence-corrected chi connectivity index (χ1v) is 35.9. The van der Waals surface area contributed by atoms with E-state index in [1.54, 1.807) is 51.3 Å². The lowest BCUT2D eigenvalue weighted by Crippen LogP contribution is -2.49. The molecule has 4 fully saturated rings. The molecule has 4 aliphatic heterocycles. The minimum absolute atomic E-state index is 0.168. The Balaban J connectivity index is 0.000000268. The van der Waals surface area contributed by atoms with E-state index in [1.807, 2.05) is 62.4 Å². The fourth-order valence-corrected chi connectivity index (χ4v) is 14.7. The number of allylic oxidation sites excluding steroid dienone is 2. The monoisotopic (exact) mass is 1430 g/mol. The van der Waals surface area contributed by atoms with Gasteiger partial charge in [0.05, 0.1) is 23.9 Å². The van der Waals surface area contributed by atoms with Crippen LogP contribution in [0.2, 0.25) is 0 Å². The van der Waals surface area contributed by atoms with Crippen molar-refractivity contribution < 1.29 is 95.4 Å². The van der Waals surface area contributed by atoms with Crippen LogP contribution >= 0.6 is 0 Å². The Labute approximate surface area is 603 Å². The van der Waals surface area contributed by atoms with Crippen molar-refractivity contribution in [3.63, 3.8) is 0 Å². The zero-order chi connectivity index (χ0) is 75.4. The van der Waals surface area contributed by atoms with Gasteiger partial charge in [-0.25, -0.2) is 19.2 Å². The smallest absolute Gasteiger partial charge is 0.410 e. The number of nitrogens with zero attached hydrogens (tertiary/aromatic N) is 2. The number of ketones is 2. The number of Topliss-reactive ketones (excluding diaryl/α,β-unsaturated/α-hetero) is 2. The molecule has 12 atom stereocenters. The number of carbonyl (C=O) groups is 8. The Kier molecular flexibility index (Phi) is 28.9. The van der Waals surface area contributed by atoms with E-state index in [1.165, 1.54) is 0 Å². The summed E-state index contributed by atoms with van der Waals surface area (Å²) < 4.78 is 45.5. The van der Waals surface area contributed by atoms with Gasteiger partial charge in [0, 0.05) is 60.9 Å². The zero-order valence-corrected chi connectivity index (χ0v) is 61.0. The van der Waals surface area contributed by atoms with Crippen LogP contribution < -0.4 is 40.2 Å². The second kappa shape index (κ2) is 36.7. The van der Waals surface area contributed by atoms with E-state index < -0.39 is 83.5 Å². The number of amides is 6. The van der Waals surface area contributed by atoms with Gasteiger partial charge in [0.15, 0.2) is 34.6 Å². The molecule has 4 heterocycles. The van der Waals surface area contributed by atoms with Gasteiger partial charge in [-0.15, -0.1) is 26.3 Å². The molecule has 0 bridgehead atoms. The first kappa shape index (κ1) is 81.0. The quantitative estimate of drug-likeness (QED) is 0.0349. The number of rotatable bonds is 28. The van der Waals surface area contributed by atoms with Crippen molar-refractivity contribution >= 4 is 60.1 Å². The van der Waals surface area contributed by atoms with Crippen LogP contribution in [-0.2, 0) is 83.5 Å². The molecule has 562 valence electrons. The molecule has 4 saturated carbocycles. The lowest BCUT2D eigenvalue weighted by atomic mass is 9.85. The Morgan fingerprint density at radius 2 is 0.854 bits per heavy atom. The minimum atomic E-state index is -0.848. The van der Waals surface area contributed by atoms with Crippen molar-refractivity contribution in [3.05, 3.63) is 97.1 Å². The molecule has 103 heavy (non-hydrogen) atoms. The van der Waals surface area contributed by atoms with E-state index in [4.69, 9.17) is 57.1 Å². The largest absolute Gasteiger partial charge is 0.486 e. The third-order valence-electron chi connectivity index (χ3n) is 20.2. The number of ether oxygens (including phenoxy) is 8. The fourth-order valence-electron chi connectivity index (χ4n) is 14.7. The molecule has 0 radical (unpaired) electrons. The van der Waals surface area contributed by atoms with Crippen molar-refractivity contribution in [2.75, 3.05) is 20.0 Å². The van der Waals surface area contributed by atoms with E-state index >= 15 is 0 Å². The molecular formula is C77H104N6O20. The highest BCUT2D eigenvalue weighted by atomic mass is 16.7. The predicted octanol–water partition coefficient (Wildman–Crippen LogP) is 11.5. The minimum Gasteiger partial charge on any atom is -0.486 e. The van der Waals surface area contributed by atoms with Crippen LogP contribution in [-0.4, -0.2) is 136 Å². The van der Waals surface area contributed by atoms with Crippen LogP contribution in [0.4, 0.5) is 19.2 Å². The molecule has 26 nitrogen and oxygen atoms in total. The summed E-state index contributed by atoms with van der Waals surface area (Å²) in [6.45, 7) is 32.6. The van der Waals surface area contributed by atoms with Crippen LogP contribution in [0.25, 0.3) is 0 Å². The topological polar surface area (TPSA) is 333 Å². The summed E-state index contributed by atoms with van der Waals surface area (Å²) in [5.74, 6) is -0.911. The number of nitrogens with one attached hydrogen (secondary N) is 4. The van der Waals surface area contributed by atoms with Crippen LogP contribution in [0.1, 0.15) is 193 Å². The van der Waals surface area contributed by atoms with Gasteiger partial charge in [0.25, 0.3) is 0 Å². The highest BCUT2D eigenvalue weighted by Crippen LogP contribution is 2.50. The van der Waals surface area contributed by atoms with Crippen molar-refractivity contribution in [3.8, 4) is 23.0 Å². The molecule has 0 spiro atoms. The molecule has 0 aromatic heterocycles. The molecule has 26 heteroatoms. The molecule has 4 aliphatic carbocycles. The van der Waals surface area contributed by atoms with Gasteiger partial charge in [-0.05, 0) is 178 Å². The van der Waals surface area contributed by atoms with E-state index in [9.17, 15) is 38.4 Å². The first-order valence-electron chi connectivity index (χ1n) is 35.9. The first-order chi connectivity index (χ1) is 49.0. The predicted molar refractivity (Wildman–Crippen MR) is 373 cm³/mol. The maximum absolute atomic E-state index is 14.4. The molecule has 0 saturated heterocycles. The summed E-state index contributed by atoms with van der Waals surface area (Å²) in [7, 11) is 0. The van der Waals surface area contributed by atoms with E-state index in [-0.39, 0.29) is 91.1 Å². The summed E-state index contributed by atoms with van der Waals surface area (Å²) in [6, 6.07) is 5.91. The van der Waals surface area contributed by atoms with Gasteiger partial charge in [0.2, 0.25) is 18.6 Å². The number of fused-ring (bicyclic) bond motifs is 4. The highest BCUT2D eigenvalue weighted by Gasteiger charge is 2.56. The molecule has 10 rings (SSSR count).